The fraction of sp³-hybridized carbons (Fsp3) is 0.550. The molecular formula is C20H26F2N2O4. The standard InChI is InChI=1S/C20H26F2N2O4/c1-12(17(25)23-16-11-14(21)5-6-15(16)22)28-18(26)13-7-9-24(10-8-13)19(27)20(2,3)4/h5-6,11-13H,7-10H2,1-4H3,(H,23,25). The van der Waals surface area contributed by atoms with Crippen molar-refractivity contribution >= 4 is 23.5 Å². The third kappa shape index (κ3) is 5.50. The quantitative estimate of drug-likeness (QED) is 0.794. The van der Waals surface area contributed by atoms with Gasteiger partial charge >= 0.3 is 5.97 Å². The van der Waals surface area contributed by atoms with Crippen LogP contribution in [0.3, 0.4) is 0 Å². The Morgan fingerprint density at radius 2 is 1.79 bits per heavy atom. The van der Waals surface area contributed by atoms with Gasteiger partial charge < -0.3 is 15.0 Å². The number of rotatable bonds is 4. The monoisotopic (exact) mass is 396 g/mol. The van der Waals surface area contributed by atoms with Crippen LogP contribution < -0.4 is 5.32 Å². The maximum absolute atomic E-state index is 13.6. The summed E-state index contributed by atoms with van der Waals surface area (Å²) in [5, 5.41) is 2.21. The van der Waals surface area contributed by atoms with Crippen molar-refractivity contribution in [3.05, 3.63) is 29.8 Å². The molecule has 1 fully saturated rings. The van der Waals surface area contributed by atoms with Crippen LogP contribution in [0.5, 0.6) is 0 Å². The third-order valence-corrected chi connectivity index (χ3v) is 4.61. The van der Waals surface area contributed by atoms with E-state index in [-0.39, 0.29) is 11.6 Å². The number of carbonyl (C=O) groups is 3. The Balaban J connectivity index is 1.86. The van der Waals surface area contributed by atoms with Crippen LogP contribution in [0.15, 0.2) is 18.2 Å². The number of likely N-dealkylation sites (tertiary alicyclic amines) is 1. The van der Waals surface area contributed by atoms with E-state index in [4.69, 9.17) is 4.74 Å². The number of piperidine rings is 1. The lowest BCUT2D eigenvalue weighted by molar-refractivity contribution is -0.160. The molecule has 1 heterocycles. The molecule has 1 aliphatic heterocycles. The minimum atomic E-state index is -1.16. The molecule has 8 heteroatoms. The molecule has 1 saturated heterocycles. The van der Waals surface area contributed by atoms with Gasteiger partial charge in [-0.3, -0.25) is 14.4 Å². The second-order valence-corrected chi connectivity index (χ2v) is 8.01. The summed E-state index contributed by atoms with van der Waals surface area (Å²) < 4.78 is 32.0. The van der Waals surface area contributed by atoms with Gasteiger partial charge in [-0.15, -0.1) is 0 Å². The summed E-state index contributed by atoms with van der Waals surface area (Å²) in [6, 6.07) is 2.68. The van der Waals surface area contributed by atoms with E-state index in [2.05, 4.69) is 5.32 Å². The van der Waals surface area contributed by atoms with E-state index in [0.717, 1.165) is 18.2 Å². The van der Waals surface area contributed by atoms with Crippen molar-refractivity contribution < 1.29 is 27.9 Å². The number of nitrogens with one attached hydrogen (secondary N) is 1. The minimum absolute atomic E-state index is 0.0317. The van der Waals surface area contributed by atoms with Gasteiger partial charge in [0.1, 0.15) is 11.6 Å². The smallest absolute Gasteiger partial charge is 0.309 e. The van der Waals surface area contributed by atoms with E-state index in [1.165, 1.54) is 6.92 Å². The van der Waals surface area contributed by atoms with Crippen LogP contribution >= 0.6 is 0 Å². The molecule has 154 valence electrons. The van der Waals surface area contributed by atoms with Crippen molar-refractivity contribution in [2.45, 2.75) is 46.6 Å². The fourth-order valence-electron chi connectivity index (χ4n) is 2.94. The summed E-state index contributed by atoms with van der Waals surface area (Å²) in [4.78, 5) is 38.5. The normalized spacial score (nSPS) is 16.4. The van der Waals surface area contributed by atoms with E-state index in [9.17, 15) is 23.2 Å². The number of hydrogen-bond donors (Lipinski definition) is 1. The first-order valence-corrected chi connectivity index (χ1v) is 9.25. The van der Waals surface area contributed by atoms with Crippen molar-refractivity contribution in [1.82, 2.24) is 4.90 Å². The first-order valence-electron chi connectivity index (χ1n) is 9.25. The largest absolute Gasteiger partial charge is 0.452 e. The number of nitrogens with zero attached hydrogens (tertiary/aromatic N) is 1. The van der Waals surface area contributed by atoms with E-state index in [1.54, 1.807) is 4.90 Å². The molecule has 0 spiro atoms. The number of esters is 1. The zero-order chi connectivity index (χ0) is 21.1. The molecule has 2 rings (SSSR count). The Morgan fingerprint density at radius 3 is 2.36 bits per heavy atom. The molecule has 6 nitrogen and oxygen atoms in total. The summed E-state index contributed by atoms with van der Waals surface area (Å²) in [6.07, 6.45) is -0.259. The van der Waals surface area contributed by atoms with Crippen molar-refractivity contribution in [3.63, 3.8) is 0 Å². The number of benzene rings is 1. The highest BCUT2D eigenvalue weighted by Gasteiger charge is 2.34. The molecule has 1 atom stereocenters. The maximum Gasteiger partial charge on any atom is 0.309 e. The third-order valence-electron chi connectivity index (χ3n) is 4.61. The fourth-order valence-corrected chi connectivity index (χ4v) is 2.94. The van der Waals surface area contributed by atoms with Crippen LogP contribution in [0.2, 0.25) is 0 Å². The van der Waals surface area contributed by atoms with Crippen molar-refractivity contribution in [2.24, 2.45) is 11.3 Å². The zero-order valence-corrected chi connectivity index (χ0v) is 16.6. The summed E-state index contributed by atoms with van der Waals surface area (Å²) in [6.45, 7) is 7.80. The van der Waals surface area contributed by atoms with Gasteiger partial charge in [0.15, 0.2) is 6.10 Å². The Kier molecular flexibility index (Phi) is 6.74. The number of ether oxygens (including phenoxy) is 1. The van der Waals surface area contributed by atoms with Gasteiger partial charge in [-0.1, -0.05) is 20.8 Å². The lowest BCUT2D eigenvalue weighted by Gasteiger charge is -2.35. The Morgan fingerprint density at radius 1 is 1.18 bits per heavy atom. The average molecular weight is 396 g/mol. The molecular weight excluding hydrogens is 370 g/mol. The molecule has 0 saturated carbocycles. The van der Waals surface area contributed by atoms with Gasteiger partial charge in [0.25, 0.3) is 5.91 Å². The van der Waals surface area contributed by atoms with Crippen LogP contribution in [0, 0.1) is 23.0 Å². The van der Waals surface area contributed by atoms with Gasteiger partial charge in [0.05, 0.1) is 11.6 Å². The summed E-state index contributed by atoms with van der Waals surface area (Å²) in [5.41, 5.74) is -0.798. The van der Waals surface area contributed by atoms with Gasteiger partial charge in [0, 0.05) is 24.6 Å². The second-order valence-electron chi connectivity index (χ2n) is 8.01. The molecule has 1 aromatic rings. The highest BCUT2D eigenvalue weighted by molar-refractivity contribution is 5.95. The maximum atomic E-state index is 13.6. The Bertz CT molecular complexity index is 753. The molecule has 1 aromatic carbocycles. The molecule has 28 heavy (non-hydrogen) atoms. The highest BCUT2D eigenvalue weighted by atomic mass is 19.1. The number of carbonyl (C=O) groups excluding carboxylic acids is 3. The molecule has 0 bridgehead atoms. The SMILES string of the molecule is CC(OC(=O)C1CCN(C(=O)C(C)(C)C)CC1)C(=O)Nc1cc(F)ccc1F. The lowest BCUT2D eigenvalue weighted by atomic mass is 9.91. The van der Waals surface area contributed by atoms with Gasteiger partial charge in [-0.25, -0.2) is 8.78 Å². The first kappa shape index (κ1) is 21.8. The van der Waals surface area contributed by atoms with E-state index in [0.29, 0.717) is 25.9 Å². The van der Waals surface area contributed by atoms with Crippen LogP contribution in [0.4, 0.5) is 14.5 Å². The predicted octanol–water partition coefficient (Wildman–Crippen LogP) is 3.12. The highest BCUT2D eigenvalue weighted by Crippen LogP contribution is 2.24. The first-order chi connectivity index (χ1) is 13.0. The number of hydrogen-bond acceptors (Lipinski definition) is 4. The predicted molar refractivity (Wildman–Crippen MR) is 99.3 cm³/mol. The van der Waals surface area contributed by atoms with Crippen LogP contribution in [-0.4, -0.2) is 41.9 Å². The lowest BCUT2D eigenvalue weighted by Crippen LogP contribution is -2.45. The molecule has 0 radical (unpaired) electrons. The van der Waals surface area contributed by atoms with E-state index < -0.39 is 40.9 Å². The Labute approximate surface area is 163 Å². The molecule has 1 N–H and O–H groups in total. The number of halogens is 2. The van der Waals surface area contributed by atoms with Crippen molar-refractivity contribution in [3.8, 4) is 0 Å². The topological polar surface area (TPSA) is 75.7 Å². The molecule has 2 amide bonds. The van der Waals surface area contributed by atoms with E-state index in [1.807, 2.05) is 20.8 Å². The van der Waals surface area contributed by atoms with E-state index >= 15 is 0 Å². The summed E-state index contributed by atoms with van der Waals surface area (Å²) in [5.74, 6) is -3.15. The number of amides is 2. The van der Waals surface area contributed by atoms with Crippen LogP contribution in [0.25, 0.3) is 0 Å². The number of anilines is 1. The molecule has 1 aliphatic rings. The van der Waals surface area contributed by atoms with Crippen LogP contribution in [-0.2, 0) is 19.1 Å². The minimum Gasteiger partial charge on any atom is -0.452 e. The van der Waals surface area contributed by atoms with Crippen molar-refractivity contribution in [2.75, 3.05) is 18.4 Å². The molecule has 1 unspecified atom stereocenters. The molecule has 0 aliphatic carbocycles. The van der Waals surface area contributed by atoms with Gasteiger partial charge in [-0.2, -0.15) is 0 Å². The summed E-state index contributed by atoms with van der Waals surface area (Å²) in [7, 11) is 0. The van der Waals surface area contributed by atoms with Gasteiger partial charge in [0.2, 0.25) is 5.91 Å². The Hall–Kier alpha value is -2.51. The van der Waals surface area contributed by atoms with Crippen LogP contribution in [0.1, 0.15) is 40.5 Å². The van der Waals surface area contributed by atoms with Gasteiger partial charge in [-0.05, 0) is 31.9 Å². The zero-order valence-electron chi connectivity index (χ0n) is 16.6. The average Bonchev–Trinajstić information content (AvgIpc) is 2.63. The summed E-state index contributed by atoms with van der Waals surface area (Å²) >= 11 is 0. The molecule has 0 aromatic heterocycles. The van der Waals surface area contributed by atoms with Crippen molar-refractivity contribution in [1.29, 1.82) is 0 Å². The second kappa shape index (κ2) is 8.67.